The Balaban J connectivity index is 1.93. The molecular formula is C16H14N4O4. The molecule has 0 saturated carbocycles. The molecule has 1 aliphatic carbocycles. The molecule has 0 bridgehead atoms. The van der Waals surface area contributed by atoms with Gasteiger partial charge in [-0.15, -0.1) is 0 Å². The third-order valence-corrected chi connectivity index (χ3v) is 4.22. The van der Waals surface area contributed by atoms with Crippen molar-refractivity contribution in [3.63, 3.8) is 0 Å². The highest BCUT2D eigenvalue weighted by Crippen LogP contribution is 2.52. The molecule has 6 N–H and O–H groups in total. The number of carbonyl (C=O) groups excluding carboxylic acids is 4. The van der Waals surface area contributed by atoms with Crippen LogP contribution in [0, 0.1) is 0 Å². The van der Waals surface area contributed by atoms with Crippen LogP contribution in [0.1, 0.15) is 27.1 Å². The van der Waals surface area contributed by atoms with Crippen molar-refractivity contribution in [3.8, 4) is 0 Å². The molecule has 2 aliphatic rings. The van der Waals surface area contributed by atoms with Gasteiger partial charge in [0.2, 0.25) is 17.7 Å². The third kappa shape index (κ3) is 2.08. The van der Waals surface area contributed by atoms with E-state index in [-0.39, 0.29) is 23.1 Å². The first kappa shape index (κ1) is 15.5. The predicted molar refractivity (Wildman–Crippen MR) is 83.0 cm³/mol. The monoisotopic (exact) mass is 326 g/mol. The van der Waals surface area contributed by atoms with Gasteiger partial charge in [-0.05, 0) is 30.3 Å². The van der Waals surface area contributed by atoms with Crippen LogP contribution in [-0.4, -0.2) is 34.1 Å². The van der Waals surface area contributed by atoms with Gasteiger partial charge >= 0.3 is 0 Å². The normalized spacial score (nSPS) is 21.2. The number of rotatable bonds is 4. The van der Waals surface area contributed by atoms with Gasteiger partial charge in [0, 0.05) is 23.1 Å². The first-order valence-electron chi connectivity index (χ1n) is 7.05. The highest BCUT2D eigenvalue weighted by Gasteiger charge is 2.66. The van der Waals surface area contributed by atoms with Gasteiger partial charge in [-0.2, -0.15) is 0 Å². The lowest BCUT2D eigenvalue weighted by Gasteiger charge is -2.12. The van der Waals surface area contributed by atoms with E-state index in [0.717, 1.165) is 0 Å². The second-order valence-electron chi connectivity index (χ2n) is 5.56. The van der Waals surface area contributed by atoms with E-state index in [1.165, 1.54) is 41.3 Å². The summed E-state index contributed by atoms with van der Waals surface area (Å²) in [6, 6.07) is 5.71. The van der Waals surface area contributed by atoms with Crippen LogP contribution in [0.2, 0.25) is 0 Å². The maximum atomic E-state index is 12.7. The van der Waals surface area contributed by atoms with Crippen molar-refractivity contribution in [2.24, 2.45) is 17.2 Å². The van der Waals surface area contributed by atoms with Crippen molar-refractivity contribution in [1.29, 1.82) is 0 Å². The zero-order valence-electron chi connectivity index (χ0n) is 12.5. The highest BCUT2D eigenvalue weighted by molar-refractivity contribution is 6.10. The summed E-state index contributed by atoms with van der Waals surface area (Å²) < 4.78 is 0. The summed E-state index contributed by atoms with van der Waals surface area (Å²) in [5.41, 5.74) is 15.7. The summed E-state index contributed by atoms with van der Waals surface area (Å²) in [6.07, 6.45) is 2.98. The van der Waals surface area contributed by atoms with E-state index in [1.54, 1.807) is 0 Å². The molecule has 1 heterocycles. The van der Waals surface area contributed by atoms with Crippen LogP contribution in [0.25, 0.3) is 0 Å². The molecule has 1 aliphatic heterocycles. The van der Waals surface area contributed by atoms with E-state index in [1.807, 2.05) is 0 Å². The van der Waals surface area contributed by atoms with Gasteiger partial charge < -0.3 is 17.2 Å². The zero-order valence-corrected chi connectivity index (χ0v) is 12.5. The number of hydrogen-bond acceptors (Lipinski definition) is 4. The summed E-state index contributed by atoms with van der Waals surface area (Å²) >= 11 is 0. The lowest BCUT2D eigenvalue weighted by Crippen LogP contribution is -2.38. The van der Waals surface area contributed by atoms with Gasteiger partial charge in [0.25, 0.3) is 5.91 Å². The van der Waals surface area contributed by atoms with Crippen LogP contribution in [0.15, 0.2) is 47.7 Å². The Hall–Kier alpha value is -3.42. The Morgan fingerprint density at radius 3 is 2.00 bits per heavy atom. The highest BCUT2D eigenvalue weighted by atomic mass is 16.2. The number of primary amides is 3. The van der Waals surface area contributed by atoms with E-state index in [2.05, 4.69) is 0 Å². The van der Waals surface area contributed by atoms with Gasteiger partial charge in [0.15, 0.2) is 5.54 Å². The number of nitrogens with zero attached hydrogens (tertiary/aromatic N) is 1. The topological polar surface area (TPSA) is 149 Å². The molecule has 1 atom stereocenters. The largest absolute Gasteiger partial charge is 0.367 e. The molecule has 0 radical (unpaired) electrons. The summed E-state index contributed by atoms with van der Waals surface area (Å²) in [5, 5.41) is 0. The quantitative estimate of drug-likeness (QED) is 0.618. The molecule has 1 fully saturated rings. The molecule has 1 unspecified atom stereocenters. The minimum Gasteiger partial charge on any atom is -0.367 e. The third-order valence-electron chi connectivity index (χ3n) is 4.22. The van der Waals surface area contributed by atoms with Gasteiger partial charge in [0.1, 0.15) is 0 Å². The zero-order chi connectivity index (χ0) is 17.6. The van der Waals surface area contributed by atoms with E-state index < -0.39 is 29.2 Å². The number of hydrogen-bond donors (Lipinski definition) is 3. The first-order valence-corrected chi connectivity index (χ1v) is 7.05. The van der Waals surface area contributed by atoms with Crippen LogP contribution >= 0.6 is 0 Å². The second-order valence-corrected chi connectivity index (χ2v) is 5.56. The molecule has 0 aromatic heterocycles. The Kier molecular flexibility index (Phi) is 3.26. The minimum absolute atomic E-state index is 0.0948. The number of carbonyl (C=O) groups is 4. The summed E-state index contributed by atoms with van der Waals surface area (Å²) in [4.78, 5) is 48.1. The van der Waals surface area contributed by atoms with Crippen LogP contribution in [0.3, 0.4) is 0 Å². The molecule has 8 nitrogen and oxygen atoms in total. The van der Waals surface area contributed by atoms with Crippen LogP contribution in [-0.2, 0) is 9.59 Å². The van der Waals surface area contributed by atoms with Crippen LogP contribution in [0.5, 0.6) is 0 Å². The molecule has 0 spiro atoms. The smallest absolute Gasteiger partial charge is 0.259 e. The Labute approximate surface area is 136 Å². The summed E-state index contributed by atoms with van der Waals surface area (Å²) in [5.74, 6) is -2.41. The van der Waals surface area contributed by atoms with Gasteiger partial charge in [-0.25, -0.2) is 0 Å². The van der Waals surface area contributed by atoms with Crippen LogP contribution < -0.4 is 17.2 Å². The van der Waals surface area contributed by atoms with Crippen LogP contribution in [0.4, 0.5) is 0 Å². The van der Waals surface area contributed by atoms with Gasteiger partial charge in [-0.1, -0.05) is 6.08 Å². The lowest BCUT2D eigenvalue weighted by molar-refractivity contribution is -0.121. The van der Waals surface area contributed by atoms with E-state index >= 15 is 0 Å². The fourth-order valence-corrected chi connectivity index (χ4v) is 2.84. The molecule has 24 heavy (non-hydrogen) atoms. The van der Waals surface area contributed by atoms with Crippen molar-refractivity contribution in [2.75, 3.05) is 0 Å². The summed E-state index contributed by atoms with van der Waals surface area (Å²) in [7, 11) is 0. The average Bonchev–Trinajstić information content (AvgIpc) is 3.23. The number of amides is 4. The maximum absolute atomic E-state index is 12.7. The van der Waals surface area contributed by atoms with Crippen molar-refractivity contribution in [2.45, 2.75) is 12.0 Å². The maximum Gasteiger partial charge on any atom is 0.259 e. The molecule has 1 aromatic carbocycles. The van der Waals surface area contributed by atoms with Crippen molar-refractivity contribution in [3.05, 3.63) is 58.8 Å². The molecule has 4 amide bonds. The standard InChI is InChI=1S/C16H14N4O4/c17-12(21)8-1-3-9(4-2-8)14(23)20-11-7-10(13(18)22)5-6-16(11,20)15(19)24/h1-5,7H,6H2,(H2,17,21)(H2,18,22)(H2,19,24). The summed E-state index contributed by atoms with van der Waals surface area (Å²) in [6.45, 7) is 0. The van der Waals surface area contributed by atoms with Crippen molar-refractivity contribution >= 4 is 23.6 Å². The van der Waals surface area contributed by atoms with E-state index in [4.69, 9.17) is 17.2 Å². The molecule has 8 heteroatoms. The average molecular weight is 326 g/mol. The first-order chi connectivity index (χ1) is 11.3. The fraction of sp³-hybridized carbons (Fsp3) is 0.125. The number of nitrogens with two attached hydrogens (primary N) is 3. The molecule has 1 saturated heterocycles. The van der Waals surface area contributed by atoms with Gasteiger partial charge in [0.05, 0.1) is 5.70 Å². The minimum atomic E-state index is -1.25. The molecule has 122 valence electrons. The second kappa shape index (κ2) is 5.05. The Bertz CT molecular complexity index is 853. The Morgan fingerprint density at radius 2 is 1.50 bits per heavy atom. The molecule has 3 rings (SSSR count). The van der Waals surface area contributed by atoms with Crippen molar-refractivity contribution in [1.82, 2.24) is 4.90 Å². The Morgan fingerprint density at radius 1 is 0.917 bits per heavy atom. The fourth-order valence-electron chi connectivity index (χ4n) is 2.84. The number of benzene rings is 1. The van der Waals surface area contributed by atoms with E-state index in [9.17, 15) is 19.2 Å². The molecule has 1 aromatic rings. The lowest BCUT2D eigenvalue weighted by atomic mass is 9.95. The van der Waals surface area contributed by atoms with Crippen molar-refractivity contribution < 1.29 is 19.2 Å². The van der Waals surface area contributed by atoms with E-state index in [0.29, 0.717) is 5.70 Å². The molecular weight excluding hydrogens is 312 g/mol. The SMILES string of the molecule is NC(=O)C1=CCC2(C(N)=O)C(=C1)N2C(=O)c1ccc(C(N)=O)cc1. The van der Waals surface area contributed by atoms with Gasteiger partial charge in [-0.3, -0.25) is 24.1 Å². The predicted octanol–water partition coefficient (Wildman–Crippen LogP) is -0.835. The number of fused-ring (bicyclic) bond motifs is 1.